The van der Waals surface area contributed by atoms with Gasteiger partial charge in [0.1, 0.15) is 11.0 Å². The lowest BCUT2D eigenvalue weighted by Gasteiger charge is -2.35. The predicted octanol–water partition coefficient (Wildman–Crippen LogP) is 4.56. The van der Waals surface area contributed by atoms with E-state index in [1.165, 1.54) is 4.31 Å². The Balaban J connectivity index is 1.37. The van der Waals surface area contributed by atoms with Gasteiger partial charge in [0, 0.05) is 85.4 Å². The minimum absolute atomic E-state index is 0.211. The standard InChI is InChI=1S/C29H35Cl2N7O3S2/c1-36(43(2)41)27-8-3-20(19-34-29(40)33-10-9-32)15-26(27)28(39)35-23-4-6-25(7-5-23)42-38-13-11-37(12-14-38)24-17-21(30)16-22(31)18-24/h3-8,15-18H,9-14,19,32H2,1-2H3,(H,35,39)(H2,33,34,40). The van der Waals surface area contributed by atoms with Gasteiger partial charge in [-0.1, -0.05) is 29.3 Å². The molecule has 0 saturated carbocycles. The molecule has 1 fully saturated rings. The van der Waals surface area contributed by atoms with Crippen molar-refractivity contribution in [3.8, 4) is 0 Å². The smallest absolute Gasteiger partial charge is 0.315 e. The van der Waals surface area contributed by atoms with E-state index in [9.17, 15) is 13.8 Å². The molecule has 230 valence electrons. The fourth-order valence-electron chi connectivity index (χ4n) is 4.42. The van der Waals surface area contributed by atoms with E-state index in [0.29, 0.717) is 40.1 Å². The molecule has 43 heavy (non-hydrogen) atoms. The normalized spacial score (nSPS) is 14.2. The van der Waals surface area contributed by atoms with Crippen LogP contribution in [0.4, 0.5) is 21.9 Å². The van der Waals surface area contributed by atoms with Crippen molar-refractivity contribution >= 4 is 75.1 Å². The molecule has 1 aliphatic rings. The molecule has 1 aliphatic heterocycles. The second-order valence-electron chi connectivity index (χ2n) is 9.78. The molecular formula is C29H35Cl2N7O3S2. The number of benzene rings is 3. The number of hydrogen-bond donors (Lipinski definition) is 4. The van der Waals surface area contributed by atoms with Gasteiger partial charge < -0.3 is 26.6 Å². The highest BCUT2D eigenvalue weighted by Gasteiger charge is 2.20. The van der Waals surface area contributed by atoms with E-state index in [4.69, 9.17) is 28.9 Å². The summed E-state index contributed by atoms with van der Waals surface area (Å²) in [6.07, 6.45) is 1.54. The number of urea groups is 1. The third kappa shape index (κ3) is 9.49. The number of nitrogens with one attached hydrogen (secondary N) is 3. The van der Waals surface area contributed by atoms with Gasteiger partial charge in [-0.05, 0) is 72.1 Å². The molecule has 10 nitrogen and oxygen atoms in total. The predicted molar refractivity (Wildman–Crippen MR) is 179 cm³/mol. The summed E-state index contributed by atoms with van der Waals surface area (Å²) in [6.45, 7) is 4.34. The summed E-state index contributed by atoms with van der Waals surface area (Å²) in [5.74, 6) is -0.348. The number of halogens is 2. The highest BCUT2D eigenvalue weighted by Crippen LogP contribution is 2.30. The summed E-state index contributed by atoms with van der Waals surface area (Å²) in [6, 6.07) is 18.1. The van der Waals surface area contributed by atoms with Crippen molar-refractivity contribution in [1.29, 1.82) is 0 Å². The number of carbonyl (C=O) groups is 2. The van der Waals surface area contributed by atoms with Crippen LogP contribution < -0.4 is 30.9 Å². The number of piperazine rings is 1. The van der Waals surface area contributed by atoms with Crippen LogP contribution >= 0.6 is 35.1 Å². The Morgan fingerprint density at radius 1 is 0.977 bits per heavy atom. The first kappa shape index (κ1) is 32.9. The molecular weight excluding hydrogens is 629 g/mol. The monoisotopic (exact) mass is 663 g/mol. The van der Waals surface area contributed by atoms with Gasteiger partial charge in [0.15, 0.2) is 0 Å². The highest BCUT2D eigenvalue weighted by molar-refractivity contribution is 7.97. The van der Waals surface area contributed by atoms with Gasteiger partial charge in [-0.2, -0.15) is 0 Å². The first-order chi connectivity index (χ1) is 20.6. The first-order valence-corrected chi connectivity index (χ1v) is 16.6. The molecule has 0 bridgehead atoms. The lowest BCUT2D eigenvalue weighted by Crippen LogP contribution is -2.43. The number of anilines is 3. The van der Waals surface area contributed by atoms with Crippen LogP contribution in [0.2, 0.25) is 10.0 Å². The van der Waals surface area contributed by atoms with E-state index in [2.05, 4.69) is 25.2 Å². The molecule has 0 aliphatic carbocycles. The van der Waals surface area contributed by atoms with Crippen LogP contribution in [0.15, 0.2) is 65.6 Å². The zero-order valence-electron chi connectivity index (χ0n) is 23.9. The molecule has 3 amide bonds. The number of nitrogens with two attached hydrogens (primary N) is 1. The van der Waals surface area contributed by atoms with Crippen molar-refractivity contribution in [1.82, 2.24) is 14.9 Å². The van der Waals surface area contributed by atoms with Crippen molar-refractivity contribution < 1.29 is 13.8 Å². The zero-order valence-corrected chi connectivity index (χ0v) is 27.1. The van der Waals surface area contributed by atoms with Gasteiger partial charge in [-0.3, -0.25) is 9.10 Å². The Hall–Kier alpha value is -3.00. The fraction of sp³-hybridized carbons (Fsp3) is 0.310. The molecule has 1 unspecified atom stereocenters. The van der Waals surface area contributed by atoms with Gasteiger partial charge >= 0.3 is 6.03 Å². The van der Waals surface area contributed by atoms with Gasteiger partial charge in [0.05, 0.1) is 11.3 Å². The Morgan fingerprint density at radius 3 is 2.28 bits per heavy atom. The van der Waals surface area contributed by atoms with Crippen LogP contribution in [0.3, 0.4) is 0 Å². The Kier molecular flexibility index (Phi) is 12.0. The number of hydrogen-bond acceptors (Lipinski definition) is 7. The summed E-state index contributed by atoms with van der Waals surface area (Å²) in [5, 5.41) is 9.59. The molecule has 3 aromatic carbocycles. The van der Waals surface area contributed by atoms with Crippen molar-refractivity contribution in [3.05, 3.63) is 81.8 Å². The fourth-order valence-corrected chi connectivity index (χ4v) is 6.28. The van der Waals surface area contributed by atoms with E-state index in [-0.39, 0.29) is 18.5 Å². The quantitative estimate of drug-likeness (QED) is 0.222. The van der Waals surface area contributed by atoms with Gasteiger partial charge in [0.25, 0.3) is 5.91 Å². The van der Waals surface area contributed by atoms with Crippen LogP contribution in [0.1, 0.15) is 15.9 Å². The van der Waals surface area contributed by atoms with E-state index in [1.807, 2.05) is 36.4 Å². The molecule has 0 radical (unpaired) electrons. The third-order valence-corrected chi connectivity index (χ3v) is 9.22. The molecule has 1 saturated heterocycles. The minimum atomic E-state index is -1.34. The van der Waals surface area contributed by atoms with E-state index >= 15 is 0 Å². The Bertz CT molecular complexity index is 1430. The third-order valence-electron chi connectivity index (χ3n) is 6.71. The molecule has 1 heterocycles. The zero-order chi connectivity index (χ0) is 30.9. The topological polar surface area (TPSA) is 123 Å². The van der Waals surface area contributed by atoms with E-state index in [1.54, 1.807) is 49.5 Å². The SMILES string of the molecule is CN(c1ccc(CNC(=O)NCCN)cc1C(=O)Nc1ccc(SN2CCN(c3cc(Cl)cc(Cl)c3)CC2)cc1)S(C)=O. The maximum atomic E-state index is 13.4. The van der Waals surface area contributed by atoms with E-state index in [0.717, 1.165) is 42.3 Å². The van der Waals surface area contributed by atoms with E-state index < -0.39 is 11.0 Å². The summed E-state index contributed by atoms with van der Waals surface area (Å²) >= 11 is 14.0. The van der Waals surface area contributed by atoms with Crippen LogP contribution in [0.5, 0.6) is 0 Å². The molecule has 1 atom stereocenters. The summed E-state index contributed by atoms with van der Waals surface area (Å²) in [5.41, 5.74) is 8.66. The maximum Gasteiger partial charge on any atom is 0.315 e. The van der Waals surface area contributed by atoms with Crippen molar-refractivity contribution in [2.24, 2.45) is 5.73 Å². The average molecular weight is 665 g/mol. The summed E-state index contributed by atoms with van der Waals surface area (Å²) in [7, 11) is 0.324. The lowest BCUT2D eigenvalue weighted by molar-refractivity contribution is 0.102. The maximum absolute atomic E-state index is 13.4. The summed E-state index contributed by atoms with van der Waals surface area (Å²) < 4.78 is 16.0. The molecule has 0 aromatic heterocycles. The molecule has 5 N–H and O–H groups in total. The minimum Gasteiger partial charge on any atom is -0.369 e. The average Bonchev–Trinajstić information content (AvgIpc) is 2.99. The van der Waals surface area contributed by atoms with Crippen LogP contribution in [0.25, 0.3) is 0 Å². The second-order valence-corrected chi connectivity index (χ2v) is 13.2. The number of nitrogens with zero attached hydrogens (tertiary/aromatic N) is 3. The van der Waals surface area contributed by atoms with Crippen LogP contribution in [0, 0.1) is 0 Å². The molecule has 0 spiro atoms. The number of amides is 3. The molecule has 4 rings (SSSR count). The van der Waals surface area contributed by atoms with Crippen molar-refractivity contribution in [2.45, 2.75) is 11.4 Å². The number of rotatable bonds is 11. The van der Waals surface area contributed by atoms with Crippen LogP contribution in [-0.2, 0) is 17.5 Å². The first-order valence-electron chi connectivity index (χ1n) is 13.6. The Labute approximate surface area is 269 Å². The van der Waals surface area contributed by atoms with Gasteiger partial charge in [-0.15, -0.1) is 0 Å². The number of carbonyl (C=O) groups excluding carboxylic acids is 2. The van der Waals surface area contributed by atoms with Gasteiger partial charge in [-0.25, -0.2) is 13.3 Å². The second kappa shape index (κ2) is 15.6. The van der Waals surface area contributed by atoms with Gasteiger partial charge in [0.2, 0.25) is 0 Å². The molecule has 14 heteroatoms. The highest BCUT2D eigenvalue weighted by atomic mass is 35.5. The van der Waals surface area contributed by atoms with Crippen molar-refractivity contribution in [3.63, 3.8) is 0 Å². The molecule has 3 aromatic rings. The summed E-state index contributed by atoms with van der Waals surface area (Å²) in [4.78, 5) is 28.7. The largest absolute Gasteiger partial charge is 0.369 e. The van der Waals surface area contributed by atoms with Crippen molar-refractivity contribution in [2.75, 3.05) is 67.1 Å². The Morgan fingerprint density at radius 2 is 1.65 bits per heavy atom. The lowest BCUT2D eigenvalue weighted by atomic mass is 10.1. The van der Waals surface area contributed by atoms with Crippen LogP contribution in [-0.4, -0.2) is 73.0 Å².